The maximum atomic E-state index is 13.8. The van der Waals surface area contributed by atoms with E-state index >= 15 is 0 Å². The molecule has 0 unspecified atom stereocenters. The highest BCUT2D eigenvalue weighted by atomic mass is 16.4. The van der Waals surface area contributed by atoms with Gasteiger partial charge in [-0.2, -0.15) is 0 Å². The summed E-state index contributed by atoms with van der Waals surface area (Å²) >= 11 is 0. The zero-order valence-electron chi connectivity index (χ0n) is 22.9. The SMILES string of the molecule is N[C@@H](Cc1ccccc1)C(=O)N1CCC[C@H]1C(=O)N[C@H](Cc1ccccc1)C(=O)N1CCC[C@H]1C(=O)NCC(=O)O. The Morgan fingerprint density at radius 3 is 1.85 bits per heavy atom. The smallest absolute Gasteiger partial charge is 0.322 e. The van der Waals surface area contributed by atoms with E-state index in [1.807, 2.05) is 60.7 Å². The summed E-state index contributed by atoms with van der Waals surface area (Å²) in [5.41, 5.74) is 8.00. The summed E-state index contributed by atoms with van der Waals surface area (Å²) < 4.78 is 0. The molecular formula is C30H37N5O6. The molecule has 0 radical (unpaired) electrons. The van der Waals surface area contributed by atoms with Crippen molar-refractivity contribution < 1.29 is 29.1 Å². The van der Waals surface area contributed by atoms with Crippen LogP contribution in [0.2, 0.25) is 0 Å². The monoisotopic (exact) mass is 563 g/mol. The predicted molar refractivity (Wildman–Crippen MR) is 150 cm³/mol. The zero-order chi connectivity index (χ0) is 29.4. The minimum absolute atomic E-state index is 0.194. The third-order valence-electron chi connectivity index (χ3n) is 7.60. The fourth-order valence-corrected chi connectivity index (χ4v) is 5.57. The Morgan fingerprint density at radius 1 is 0.780 bits per heavy atom. The number of carboxylic acids is 1. The van der Waals surface area contributed by atoms with Crippen LogP contribution in [0.5, 0.6) is 0 Å². The van der Waals surface area contributed by atoms with Gasteiger partial charge in [0.05, 0.1) is 6.04 Å². The van der Waals surface area contributed by atoms with Crippen molar-refractivity contribution >= 4 is 29.6 Å². The number of amides is 4. The van der Waals surface area contributed by atoms with E-state index in [0.717, 1.165) is 11.1 Å². The number of hydrogen-bond acceptors (Lipinski definition) is 6. The van der Waals surface area contributed by atoms with E-state index in [1.165, 1.54) is 9.80 Å². The van der Waals surface area contributed by atoms with Gasteiger partial charge in [0.15, 0.2) is 0 Å². The van der Waals surface area contributed by atoms with Gasteiger partial charge in [0.1, 0.15) is 24.7 Å². The maximum absolute atomic E-state index is 13.8. The molecule has 4 rings (SSSR count). The molecule has 2 aliphatic rings. The molecular weight excluding hydrogens is 526 g/mol. The van der Waals surface area contributed by atoms with Gasteiger partial charge in [-0.25, -0.2) is 0 Å². The normalized spacial score (nSPS) is 19.8. The van der Waals surface area contributed by atoms with Crippen LogP contribution in [0.15, 0.2) is 60.7 Å². The van der Waals surface area contributed by atoms with Gasteiger partial charge < -0.3 is 31.3 Å². The summed E-state index contributed by atoms with van der Waals surface area (Å²) in [5, 5.41) is 14.2. The topological polar surface area (TPSA) is 162 Å². The van der Waals surface area contributed by atoms with Crippen molar-refractivity contribution in [3.05, 3.63) is 71.8 Å². The highest BCUT2D eigenvalue weighted by Crippen LogP contribution is 2.22. The molecule has 0 saturated carbocycles. The number of carbonyl (C=O) groups is 5. The van der Waals surface area contributed by atoms with Crippen LogP contribution < -0.4 is 16.4 Å². The van der Waals surface area contributed by atoms with E-state index in [1.54, 1.807) is 0 Å². The average molecular weight is 564 g/mol. The molecule has 0 aromatic heterocycles. The van der Waals surface area contributed by atoms with Crippen molar-refractivity contribution in [2.24, 2.45) is 5.73 Å². The van der Waals surface area contributed by atoms with Crippen LogP contribution in [-0.2, 0) is 36.8 Å². The highest BCUT2D eigenvalue weighted by Gasteiger charge is 2.41. The van der Waals surface area contributed by atoms with E-state index < -0.39 is 54.4 Å². The lowest BCUT2D eigenvalue weighted by atomic mass is 10.0. The lowest BCUT2D eigenvalue weighted by Crippen LogP contribution is -2.58. The number of benzene rings is 2. The second-order valence-corrected chi connectivity index (χ2v) is 10.5. The number of nitrogens with zero attached hydrogens (tertiary/aromatic N) is 2. The molecule has 11 heteroatoms. The van der Waals surface area contributed by atoms with E-state index in [4.69, 9.17) is 10.8 Å². The molecule has 2 saturated heterocycles. The lowest BCUT2D eigenvalue weighted by molar-refractivity contribution is -0.144. The Balaban J connectivity index is 1.48. The summed E-state index contributed by atoms with van der Waals surface area (Å²) in [6.45, 7) is 0.168. The fraction of sp³-hybridized carbons (Fsp3) is 0.433. The Hall–Kier alpha value is -4.25. The summed E-state index contributed by atoms with van der Waals surface area (Å²) in [6, 6.07) is 15.3. The van der Waals surface area contributed by atoms with Crippen molar-refractivity contribution in [2.45, 2.75) is 62.7 Å². The van der Waals surface area contributed by atoms with Crippen molar-refractivity contribution in [1.82, 2.24) is 20.4 Å². The first-order valence-corrected chi connectivity index (χ1v) is 14.0. The molecule has 2 fully saturated rings. The van der Waals surface area contributed by atoms with Crippen LogP contribution in [-0.4, -0.2) is 88.3 Å². The van der Waals surface area contributed by atoms with Crippen molar-refractivity contribution in [1.29, 1.82) is 0 Å². The van der Waals surface area contributed by atoms with Crippen LogP contribution in [0.1, 0.15) is 36.8 Å². The number of hydrogen-bond donors (Lipinski definition) is 4. The van der Waals surface area contributed by atoms with Crippen LogP contribution >= 0.6 is 0 Å². The van der Waals surface area contributed by atoms with Gasteiger partial charge >= 0.3 is 5.97 Å². The minimum atomic E-state index is -1.18. The van der Waals surface area contributed by atoms with Crippen LogP contribution in [0.4, 0.5) is 0 Å². The predicted octanol–water partition coefficient (Wildman–Crippen LogP) is 0.467. The number of carboxylic acid groups (broad SMARTS) is 1. The first-order chi connectivity index (χ1) is 19.7. The molecule has 2 heterocycles. The lowest BCUT2D eigenvalue weighted by Gasteiger charge is -2.31. The first-order valence-electron chi connectivity index (χ1n) is 14.0. The largest absolute Gasteiger partial charge is 0.480 e. The molecule has 0 spiro atoms. The summed E-state index contributed by atoms with van der Waals surface area (Å²) in [5.74, 6) is -2.90. The highest BCUT2D eigenvalue weighted by molar-refractivity contribution is 5.96. The zero-order valence-corrected chi connectivity index (χ0v) is 22.9. The number of nitrogens with one attached hydrogen (secondary N) is 2. The summed E-state index contributed by atoms with van der Waals surface area (Å²) in [6.07, 6.45) is 2.60. The van der Waals surface area contributed by atoms with Crippen molar-refractivity contribution in [3.8, 4) is 0 Å². The van der Waals surface area contributed by atoms with Gasteiger partial charge in [-0.15, -0.1) is 0 Å². The molecule has 11 nitrogen and oxygen atoms in total. The summed E-state index contributed by atoms with van der Waals surface area (Å²) in [7, 11) is 0. The molecule has 5 N–H and O–H groups in total. The molecule has 41 heavy (non-hydrogen) atoms. The Labute approximate surface area is 239 Å². The second-order valence-electron chi connectivity index (χ2n) is 10.5. The van der Waals surface area contributed by atoms with Crippen LogP contribution in [0, 0.1) is 0 Å². The van der Waals surface area contributed by atoms with E-state index in [0.29, 0.717) is 45.2 Å². The Bertz CT molecular complexity index is 1240. The number of carbonyl (C=O) groups excluding carboxylic acids is 4. The first kappa shape index (κ1) is 29.7. The number of nitrogens with two attached hydrogens (primary N) is 1. The average Bonchev–Trinajstić information content (AvgIpc) is 3.66. The molecule has 0 aliphatic carbocycles. The molecule has 2 aliphatic heterocycles. The maximum Gasteiger partial charge on any atom is 0.322 e. The molecule has 2 aromatic rings. The van der Waals surface area contributed by atoms with Gasteiger partial charge in [0.25, 0.3) is 0 Å². The molecule has 0 bridgehead atoms. The van der Waals surface area contributed by atoms with E-state index in [9.17, 15) is 24.0 Å². The van der Waals surface area contributed by atoms with Crippen LogP contribution in [0.3, 0.4) is 0 Å². The second kappa shape index (κ2) is 13.9. The molecule has 218 valence electrons. The number of rotatable bonds is 11. The number of aliphatic carboxylic acids is 1. The standard InChI is InChI=1S/C30H37N5O6/c31-22(17-20-9-3-1-4-10-20)29(40)34-15-8-14-25(34)28(39)33-23(18-21-11-5-2-6-12-21)30(41)35-16-7-13-24(35)27(38)32-19-26(36)37/h1-6,9-12,22-25H,7-8,13-19,31H2,(H,32,38)(H,33,39)(H,36,37)/t22-,23+,24-,25-/m0/s1. The fourth-order valence-electron chi connectivity index (χ4n) is 5.57. The Kier molecular flexibility index (Phi) is 10.1. The molecule has 4 atom stereocenters. The molecule has 2 aromatic carbocycles. The van der Waals surface area contributed by atoms with Gasteiger partial charge in [0.2, 0.25) is 23.6 Å². The molecule has 4 amide bonds. The van der Waals surface area contributed by atoms with Crippen molar-refractivity contribution in [3.63, 3.8) is 0 Å². The van der Waals surface area contributed by atoms with Crippen molar-refractivity contribution in [2.75, 3.05) is 19.6 Å². The summed E-state index contributed by atoms with van der Waals surface area (Å²) in [4.78, 5) is 67.2. The van der Waals surface area contributed by atoms with Gasteiger partial charge in [0, 0.05) is 19.5 Å². The minimum Gasteiger partial charge on any atom is -0.480 e. The Morgan fingerprint density at radius 2 is 1.29 bits per heavy atom. The van der Waals surface area contributed by atoms with Gasteiger partial charge in [-0.3, -0.25) is 24.0 Å². The third-order valence-corrected chi connectivity index (χ3v) is 7.60. The van der Waals surface area contributed by atoms with Gasteiger partial charge in [-0.1, -0.05) is 60.7 Å². The number of likely N-dealkylation sites (tertiary alicyclic amines) is 2. The quantitative estimate of drug-likeness (QED) is 0.309. The van der Waals surface area contributed by atoms with E-state index in [2.05, 4.69) is 10.6 Å². The third kappa shape index (κ3) is 7.69. The van der Waals surface area contributed by atoms with E-state index in [-0.39, 0.29) is 12.3 Å². The van der Waals surface area contributed by atoms with Crippen LogP contribution in [0.25, 0.3) is 0 Å². The van der Waals surface area contributed by atoms with Gasteiger partial charge in [-0.05, 0) is 43.2 Å².